The van der Waals surface area contributed by atoms with Crippen molar-refractivity contribution in [3.05, 3.63) is 59.7 Å². The van der Waals surface area contributed by atoms with Crippen LogP contribution in [0, 0.1) is 0 Å². The summed E-state index contributed by atoms with van der Waals surface area (Å²) in [6, 6.07) is 12.1. The van der Waals surface area contributed by atoms with Gasteiger partial charge in [-0.15, -0.1) is 0 Å². The molecule has 0 unspecified atom stereocenters. The van der Waals surface area contributed by atoms with Gasteiger partial charge in [0.2, 0.25) is 11.8 Å². The molecule has 15 heteroatoms. The summed E-state index contributed by atoms with van der Waals surface area (Å²) < 4.78 is 11.0. The number of rotatable bonds is 18. The van der Waals surface area contributed by atoms with E-state index in [-0.39, 0.29) is 57.1 Å². The minimum Gasteiger partial charge on any atom is -0.480 e. The molecule has 0 aromatic heterocycles. The Bertz CT molecular complexity index is 1500. The number of amides is 3. The van der Waals surface area contributed by atoms with Gasteiger partial charge in [-0.3, -0.25) is 19.4 Å². The highest BCUT2D eigenvalue weighted by Gasteiger charge is 2.32. The van der Waals surface area contributed by atoms with Gasteiger partial charge in [0.15, 0.2) is 5.96 Å². The molecular formula is C35H48N6O8S. The van der Waals surface area contributed by atoms with Gasteiger partial charge in [0.05, 0.1) is 0 Å². The quantitative estimate of drug-likeness (QED) is 0.0570. The number of hydrogen-bond acceptors (Lipinski definition) is 9. The Morgan fingerprint density at radius 2 is 1.42 bits per heavy atom. The van der Waals surface area contributed by atoms with E-state index in [0.717, 1.165) is 22.3 Å². The number of nitrogens with two attached hydrogens (primary N) is 2. The minimum absolute atomic E-state index is 0.00424. The van der Waals surface area contributed by atoms with Gasteiger partial charge in [-0.25, -0.2) is 9.59 Å². The first-order chi connectivity index (χ1) is 23.7. The molecule has 0 saturated heterocycles. The number of aliphatic imine (C=N–C) groups is 1. The summed E-state index contributed by atoms with van der Waals surface area (Å²) in [4.78, 5) is 68.4. The third-order valence-electron chi connectivity index (χ3n) is 7.81. The SMILES string of the molecule is CSCC[C@H](NC(=O)OCC1c2ccccc2-c2ccccc21)C(=O)N[C@H](CCC(=O)OC(C)(C)C)C(=O)N[C@@H](CCCN=C(N)N)C(=O)O. The molecule has 0 bridgehead atoms. The van der Waals surface area contributed by atoms with Crippen molar-refractivity contribution < 1.29 is 38.6 Å². The van der Waals surface area contributed by atoms with Gasteiger partial charge in [-0.2, -0.15) is 11.8 Å². The Balaban J connectivity index is 1.71. The summed E-state index contributed by atoms with van der Waals surface area (Å²) in [6.45, 7) is 5.28. The molecule has 3 rings (SSSR count). The van der Waals surface area contributed by atoms with Gasteiger partial charge < -0.3 is 42.0 Å². The average molecular weight is 713 g/mol. The molecule has 0 spiro atoms. The first-order valence-electron chi connectivity index (χ1n) is 16.4. The standard InChI is InChI=1S/C35H48N6O8S/c1-35(2,3)49-29(42)16-15-26(30(43)40-28(32(45)46)14-9-18-38-33(36)37)39-31(44)27(17-19-50-4)41-34(47)48-20-25-23-12-7-5-10-21(23)22-11-6-8-13-24(22)25/h5-8,10-13,25-28H,9,14-20H2,1-4H3,(H,39,44)(H,40,43)(H,41,47)(H,45,46)(H4,36,37,38)/t26-,27+,28+/m1/s1. The van der Waals surface area contributed by atoms with Gasteiger partial charge in [0, 0.05) is 18.9 Å². The Morgan fingerprint density at radius 1 is 0.860 bits per heavy atom. The second-order valence-corrected chi connectivity index (χ2v) is 13.8. The van der Waals surface area contributed by atoms with E-state index in [1.165, 1.54) is 11.8 Å². The monoisotopic (exact) mass is 712 g/mol. The number of nitrogens with one attached hydrogen (secondary N) is 3. The highest BCUT2D eigenvalue weighted by Crippen LogP contribution is 2.44. The van der Waals surface area contributed by atoms with E-state index in [1.807, 2.05) is 54.8 Å². The molecule has 2 aromatic rings. The molecule has 272 valence electrons. The van der Waals surface area contributed by atoms with Gasteiger partial charge in [-0.1, -0.05) is 48.5 Å². The number of carboxylic acids is 1. The summed E-state index contributed by atoms with van der Waals surface area (Å²) in [6.07, 6.45) is 1.07. The van der Waals surface area contributed by atoms with Crippen molar-refractivity contribution in [2.45, 2.75) is 82.5 Å². The number of carbonyl (C=O) groups excluding carboxylic acids is 4. The van der Waals surface area contributed by atoms with E-state index >= 15 is 0 Å². The van der Waals surface area contributed by atoms with Crippen LogP contribution in [0.5, 0.6) is 0 Å². The van der Waals surface area contributed by atoms with Gasteiger partial charge in [-0.05, 0) is 80.7 Å². The van der Waals surface area contributed by atoms with Crippen molar-refractivity contribution >= 4 is 47.6 Å². The lowest BCUT2D eigenvalue weighted by Crippen LogP contribution is -2.56. The second-order valence-electron chi connectivity index (χ2n) is 12.8. The first kappa shape index (κ1) is 39.6. The van der Waals surface area contributed by atoms with E-state index in [4.69, 9.17) is 20.9 Å². The summed E-state index contributed by atoms with van der Waals surface area (Å²) >= 11 is 1.46. The number of fused-ring (bicyclic) bond motifs is 3. The maximum absolute atomic E-state index is 13.6. The molecular weight excluding hydrogens is 664 g/mol. The van der Waals surface area contributed by atoms with Gasteiger partial charge in [0.1, 0.15) is 30.3 Å². The van der Waals surface area contributed by atoms with Crippen molar-refractivity contribution in [2.24, 2.45) is 16.5 Å². The van der Waals surface area contributed by atoms with Crippen LogP contribution in [0.4, 0.5) is 4.79 Å². The number of carbonyl (C=O) groups is 5. The van der Waals surface area contributed by atoms with Crippen molar-refractivity contribution in [3.8, 4) is 11.1 Å². The van der Waals surface area contributed by atoms with E-state index in [2.05, 4.69) is 20.9 Å². The summed E-state index contributed by atoms with van der Waals surface area (Å²) in [5, 5.41) is 17.4. The zero-order valence-corrected chi connectivity index (χ0v) is 29.7. The van der Waals surface area contributed by atoms with Gasteiger partial charge >= 0.3 is 18.0 Å². The lowest BCUT2D eigenvalue weighted by molar-refractivity contribution is -0.155. The molecule has 1 aliphatic carbocycles. The number of aliphatic carboxylic acids is 1. The molecule has 8 N–H and O–H groups in total. The summed E-state index contributed by atoms with van der Waals surface area (Å²) in [5.41, 5.74) is 14.1. The van der Waals surface area contributed by atoms with Crippen LogP contribution in [0.1, 0.15) is 69.9 Å². The number of esters is 1. The number of nitrogens with zero attached hydrogens (tertiary/aromatic N) is 1. The van der Waals surface area contributed by atoms with Crippen LogP contribution >= 0.6 is 11.8 Å². The van der Waals surface area contributed by atoms with E-state index in [1.54, 1.807) is 20.8 Å². The van der Waals surface area contributed by atoms with Crippen molar-refractivity contribution in [1.82, 2.24) is 16.0 Å². The zero-order chi connectivity index (χ0) is 36.8. The Hall–Kier alpha value is -4.79. The fraction of sp³-hybridized carbons (Fsp3) is 0.486. The predicted molar refractivity (Wildman–Crippen MR) is 191 cm³/mol. The molecule has 3 atom stereocenters. The molecule has 0 saturated carbocycles. The molecule has 14 nitrogen and oxygen atoms in total. The summed E-state index contributed by atoms with van der Waals surface area (Å²) in [5.74, 6) is -3.25. The lowest BCUT2D eigenvalue weighted by atomic mass is 9.98. The average Bonchev–Trinajstić information content (AvgIpc) is 3.37. The molecule has 0 radical (unpaired) electrons. The van der Waals surface area contributed by atoms with Gasteiger partial charge in [0.25, 0.3) is 0 Å². The minimum atomic E-state index is -1.32. The maximum Gasteiger partial charge on any atom is 0.407 e. The second kappa shape index (κ2) is 18.8. The number of benzene rings is 2. The number of carboxylic acid groups (broad SMARTS) is 1. The Morgan fingerprint density at radius 3 is 1.96 bits per heavy atom. The van der Waals surface area contributed by atoms with E-state index in [9.17, 15) is 29.1 Å². The number of alkyl carbamates (subject to hydrolysis) is 1. The van der Waals surface area contributed by atoms with Crippen LogP contribution in [0.2, 0.25) is 0 Å². The van der Waals surface area contributed by atoms with Crippen LogP contribution in [-0.2, 0) is 28.7 Å². The number of hydrogen-bond donors (Lipinski definition) is 6. The van der Waals surface area contributed by atoms with Crippen LogP contribution in [0.15, 0.2) is 53.5 Å². The van der Waals surface area contributed by atoms with Crippen molar-refractivity contribution in [2.75, 3.05) is 25.2 Å². The molecule has 0 fully saturated rings. The molecule has 3 amide bonds. The zero-order valence-electron chi connectivity index (χ0n) is 28.9. The topological polar surface area (TPSA) is 225 Å². The fourth-order valence-corrected chi connectivity index (χ4v) is 5.99. The third-order valence-corrected chi connectivity index (χ3v) is 8.46. The molecule has 2 aromatic carbocycles. The highest BCUT2D eigenvalue weighted by molar-refractivity contribution is 7.98. The van der Waals surface area contributed by atoms with Crippen molar-refractivity contribution in [3.63, 3.8) is 0 Å². The predicted octanol–water partition coefficient (Wildman–Crippen LogP) is 2.88. The van der Waals surface area contributed by atoms with Crippen LogP contribution in [-0.4, -0.2) is 89.8 Å². The van der Waals surface area contributed by atoms with E-state index < -0.39 is 53.6 Å². The third kappa shape index (κ3) is 12.3. The number of guanidine groups is 1. The van der Waals surface area contributed by atoms with Crippen LogP contribution < -0.4 is 27.4 Å². The Kier molecular flexibility index (Phi) is 14.9. The van der Waals surface area contributed by atoms with Crippen LogP contribution in [0.3, 0.4) is 0 Å². The smallest absolute Gasteiger partial charge is 0.407 e. The first-order valence-corrected chi connectivity index (χ1v) is 17.8. The number of thioether (sulfide) groups is 1. The summed E-state index contributed by atoms with van der Waals surface area (Å²) in [7, 11) is 0. The molecule has 0 aliphatic heterocycles. The molecule has 50 heavy (non-hydrogen) atoms. The fourth-order valence-electron chi connectivity index (χ4n) is 5.52. The highest BCUT2D eigenvalue weighted by atomic mass is 32.2. The maximum atomic E-state index is 13.6. The number of ether oxygens (including phenoxy) is 2. The molecule has 1 aliphatic rings. The molecule has 0 heterocycles. The van der Waals surface area contributed by atoms with Crippen molar-refractivity contribution in [1.29, 1.82) is 0 Å². The Labute approximate surface area is 296 Å². The van der Waals surface area contributed by atoms with E-state index in [0.29, 0.717) is 5.75 Å². The largest absolute Gasteiger partial charge is 0.480 e. The lowest BCUT2D eigenvalue weighted by Gasteiger charge is -2.25. The van der Waals surface area contributed by atoms with Crippen LogP contribution in [0.25, 0.3) is 11.1 Å². The normalized spacial score (nSPS) is 13.8.